The normalized spacial score (nSPS) is 17.8. The molecule has 2 aliphatic rings. The number of anilines is 1. The number of carbonyl (C=O) groups excluding carboxylic acids is 1. The second-order valence-corrected chi connectivity index (χ2v) is 8.80. The number of hydrogen-bond donors (Lipinski definition) is 2. The summed E-state index contributed by atoms with van der Waals surface area (Å²) in [6.45, 7) is 3.30. The standard InChI is InChI=1S/C23H24F6N4O3/c1-12-14(4-3-5-15(12)22(24,25)26)11-30-19-18(20-35-8-9-36-20)16(31-13(2)32-19)10-17(34)33-21(6-7-21)23(27,28)29/h3-5,20H,6-11H2,1-2H3,(H,33,34)(H,30,31,32). The molecule has 4 rings (SSSR count). The second kappa shape index (κ2) is 9.51. The molecule has 1 saturated carbocycles. The number of carbonyl (C=O) groups is 1. The van der Waals surface area contributed by atoms with Gasteiger partial charge in [0.05, 0.1) is 36.5 Å². The number of rotatable bonds is 7. The summed E-state index contributed by atoms with van der Waals surface area (Å²) >= 11 is 0. The number of nitrogens with one attached hydrogen (secondary N) is 2. The van der Waals surface area contributed by atoms with Gasteiger partial charge in [0.15, 0.2) is 6.29 Å². The minimum atomic E-state index is -4.57. The largest absolute Gasteiger partial charge is 0.416 e. The molecule has 7 nitrogen and oxygen atoms in total. The molecule has 2 aromatic rings. The highest BCUT2D eigenvalue weighted by molar-refractivity contribution is 5.80. The number of alkyl halides is 6. The Morgan fingerprint density at radius 3 is 2.33 bits per heavy atom. The Balaban J connectivity index is 1.61. The van der Waals surface area contributed by atoms with Crippen molar-refractivity contribution >= 4 is 11.7 Å². The fourth-order valence-corrected chi connectivity index (χ4v) is 4.11. The van der Waals surface area contributed by atoms with Crippen LogP contribution in [0.2, 0.25) is 0 Å². The van der Waals surface area contributed by atoms with Crippen LogP contribution < -0.4 is 10.6 Å². The van der Waals surface area contributed by atoms with E-state index in [1.54, 1.807) is 0 Å². The van der Waals surface area contributed by atoms with Gasteiger partial charge in [-0.1, -0.05) is 12.1 Å². The molecule has 0 spiro atoms. The number of hydrogen-bond acceptors (Lipinski definition) is 6. The molecule has 1 aliphatic carbocycles. The van der Waals surface area contributed by atoms with E-state index in [-0.39, 0.29) is 61.1 Å². The molecule has 2 fully saturated rings. The summed E-state index contributed by atoms with van der Waals surface area (Å²) in [6.07, 6.45) is -11.0. The number of aryl methyl sites for hydroxylation is 1. The van der Waals surface area contributed by atoms with Gasteiger partial charge in [0, 0.05) is 6.54 Å². The maximum absolute atomic E-state index is 13.3. The van der Waals surface area contributed by atoms with E-state index < -0.39 is 42.1 Å². The number of ether oxygens (including phenoxy) is 2. The Morgan fingerprint density at radius 1 is 1.08 bits per heavy atom. The molecular weight excluding hydrogens is 494 g/mol. The lowest BCUT2D eigenvalue weighted by Gasteiger charge is -2.22. The van der Waals surface area contributed by atoms with Gasteiger partial charge in [0.2, 0.25) is 5.91 Å². The monoisotopic (exact) mass is 518 g/mol. The van der Waals surface area contributed by atoms with Crippen LogP contribution in [0.4, 0.5) is 32.2 Å². The first kappa shape index (κ1) is 26.1. The first-order valence-corrected chi connectivity index (χ1v) is 11.2. The predicted molar refractivity (Wildman–Crippen MR) is 115 cm³/mol. The summed E-state index contributed by atoms with van der Waals surface area (Å²) in [6, 6.07) is 3.82. The van der Waals surface area contributed by atoms with Crippen molar-refractivity contribution < 1.29 is 40.6 Å². The van der Waals surface area contributed by atoms with Gasteiger partial charge < -0.3 is 20.1 Å². The lowest BCUT2D eigenvalue weighted by atomic mass is 10.0. The van der Waals surface area contributed by atoms with E-state index in [0.717, 1.165) is 6.07 Å². The Labute approximate surface area is 202 Å². The lowest BCUT2D eigenvalue weighted by Crippen LogP contribution is -2.48. The quantitative estimate of drug-likeness (QED) is 0.525. The van der Waals surface area contributed by atoms with Gasteiger partial charge in [-0.15, -0.1) is 0 Å². The van der Waals surface area contributed by atoms with Gasteiger partial charge in [-0.2, -0.15) is 26.3 Å². The van der Waals surface area contributed by atoms with Gasteiger partial charge in [0.25, 0.3) is 0 Å². The summed E-state index contributed by atoms with van der Waals surface area (Å²) in [5, 5.41) is 5.04. The van der Waals surface area contributed by atoms with Crippen LogP contribution in [0.1, 0.15) is 52.9 Å². The average Bonchev–Trinajstić information content (AvgIpc) is 3.35. The zero-order chi connectivity index (χ0) is 26.3. The third-order valence-corrected chi connectivity index (χ3v) is 6.19. The van der Waals surface area contributed by atoms with Crippen LogP contribution in [0, 0.1) is 13.8 Å². The molecule has 1 aromatic heterocycles. The molecule has 1 saturated heterocycles. The van der Waals surface area contributed by atoms with E-state index >= 15 is 0 Å². The maximum Gasteiger partial charge on any atom is 0.416 e. The third-order valence-electron chi connectivity index (χ3n) is 6.19. The highest BCUT2D eigenvalue weighted by atomic mass is 19.4. The summed E-state index contributed by atoms with van der Waals surface area (Å²) in [5.74, 6) is -0.507. The molecular formula is C23H24F6N4O3. The number of aromatic nitrogens is 2. The van der Waals surface area contributed by atoms with E-state index in [0.29, 0.717) is 5.56 Å². The van der Waals surface area contributed by atoms with E-state index in [9.17, 15) is 31.1 Å². The molecule has 0 atom stereocenters. The first-order valence-electron chi connectivity index (χ1n) is 11.2. The molecule has 2 heterocycles. The van der Waals surface area contributed by atoms with Crippen LogP contribution in [0.25, 0.3) is 0 Å². The second-order valence-electron chi connectivity index (χ2n) is 8.80. The summed E-state index contributed by atoms with van der Waals surface area (Å²) in [7, 11) is 0. The van der Waals surface area contributed by atoms with Crippen LogP contribution in [0.15, 0.2) is 18.2 Å². The van der Waals surface area contributed by atoms with Crippen molar-refractivity contribution in [2.75, 3.05) is 18.5 Å². The predicted octanol–water partition coefficient (Wildman–Crippen LogP) is 4.52. The van der Waals surface area contributed by atoms with Crippen LogP contribution in [-0.4, -0.2) is 40.8 Å². The van der Waals surface area contributed by atoms with Gasteiger partial charge in [0.1, 0.15) is 17.2 Å². The van der Waals surface area contributed by atoms with Crippen molar-refractivity contribution in [2.45, 2.75) is 63.8 Å². The van der Waals surface area contributed by atoms with Crippen LogP contribution in [-0.2, 0) is 33.4 Å². The van der Waals surface area contributed by atoms with Crippen molar-refractivity contribution in [3.05, 3.63) is 52.0 Å². The van der Waals surface area contributed by atoms with Gasteiger partial charge in [-0.05, 0) is 43.9 Å². The summed E-state index contributed by atoms with van der Waals surface area (Å²) in [5.41, 5.74) is -2.27. The average molecular weight is 518 g/mol. The Morgan fingerprint density at radius 2 is 1.75 bits per heavy atom. The van der Waals surface area contributed by atoms with Gasteiger partial charge >= 0.3 is 12.4 Å². The smallest absolute Gasteiger partial charge is 0.365 e. The van der Waals surface area contributed by atoms with E-state index in [2.05, 4.69) is 20.6 Å². The molecule has 1 aliphatic heterocycles. The molecule has 0 bridgehead atoms. The molecule has 0 unspecified atom stereocenters. The van der Waals surface area contributed by atoms with Crippen molar-refractivity contribution in [1.29, 1.82) is 0 Å². The molecule has 1 amide bonds. The molecule has 0 radical (unpaired) electrons. The maximum atomic E-state index is 13.3. The van der Waals surface area contributed by atoms with E-state index in [1.165, 1.54) is 26.0 Å². The van der Waals surface area contributed by atoms with E-state index in [1.807, 2.05) is 0 Å². The van der Waals surface area contributed by atoms with Crippen molar-refractivity contribution in [3.8, 4) is 0 Å². The van der Waals surface area contributed by atoms with Crippen LogP contribution in [0.5, 0.6) is 0 Å². The fraction of sp³-hybridized carbons (Fsp3) is 0.522. The Kier molecular flexibility index (Phi) is 6.90. The third kappa shape index (κ3) is 5.41. The number of amides is 1. The summed E-state index contributed by atoms with van der Waals surface area (Å²) in [4.78, 5) is 21.1. The first-order chi connectivity index (χ1) is 16.8. The van der Waals surface area contributed by atoms with Crippen molar-refractivity contribution in [3.63, 3.8) is 0 Å². The molecule has 1 aromatic carbocycles. The Hall–Kier alpha value is -2.93. The topological polar surface area (TPSA) is 85.4 Å². The number of halogens is 6. The molecule has 13 heteroatoms. The zero-order valence-electron chi connectivity index (χ0n) is 19.4. The highest BCUT2D eigenvalue weighted by Gasteiger charge is 2.64. The highest BCUT2D eigenvalue weighted by Crippen LogP contribution is 2.49. The number of benzene rings is 1. The van der Waals surface area contributed by atoms with Crippen molar-refractivity contribution in [1.82, 2.24) is 15.3 Å². The minimum Gasteiger partial charge on any atom is -0.365 e. The Bertz CT molecular complexity index is 1140. The van der Waals surface area contributed by atoms with Gasteiger partial charge in [-0.3, -0.25) is 4.79 Å². The molecule has 36 heavy (non-hydrogen) atoms. The van der Waals surface area contributed by atoms with Gasteiger partial charge in [-0.25, -0.2) is 9.97 Å². The lowest BCUT2D eigenvalue weighted by molar-refractivity contribution is -0.170. The molecule has 2 N–H and O–H groups in total. The van der Waals surface area contributed by atoms with Crippen LogP contribution >= 0.6 is 0 Å². The summed E-state index contributed by atoms with van der Waals surface area (Å²) < 4.78 is 90.8. The molecule has 196 valence electrons. The van der Waals surface area contributed by atoms with E-state index in [4.69, 9.17) is 9.47 Å². The minimum absolute atomic E-state index is 0.0414. The SMILES string of the molecule is Cc1nc(CC(=O)NC2(C(F)(F)F)CC2)c(C2OCCO2)c(NCc2cccc(C(F)(F)F)c2C)n1. The van der Waals surface area contributed by atoms with Crippen molar-refractivity contribution in [2.24, 2.45) is 0 Å². The number of nitrogens with zero attached hydrogens (tertiary/aromatic N) is 2. The fourth-order valence-electron chi connectivity index (χ4n) is 4.11. The zero-order valence-corrected chi connectivity index (χ0v) is 19.4. The van der Waals surface area contributed by atoms with Crippen LogP contribution in [0.3, 0.4) is 0 Å².